The monoisotopic (exact) mass is 374 g/mol. The number of nitro benzene ring substituents is 1. The van der Waals surface area contributed by atoms with E-state index in [4.69, 9.17) is 4.74 Å². The molecule has 3 aromatic rings. The molecule has 0 saturated heterocycles. The first kappa shape index (κ1) is 17.5. The Morgan fingerprint density at radius 3 is 2.92 bits per heavy atom. The summed E-state index contributed by atoms with van der Waals surface area (Å²) in [5.41, 5.74) is 0.338. The van der Waals surface area contributed by atoms with Gasteiger partial charge < -0.3 is 10.1 Å². The third-order valence-corrected chi connectivity index (χ3v) is 4.28. The van der Waals surface area contributed by atoms with E-state index in [1.54, 1.807) is 16.7 Å². The maximum atomic E-state index is 12.1. The molecule has 0 aliphatic rings. The van der Waals surface area contributed by atoms with Crippen LogP contribution in [-0.4, -0.2) is 32.3 Å². The molecular weight excluding hydrogens is 360 g/mol. The van der Waals surface area contributed by atoms with Gasteiger partial charge in [-0.2, -0.15) is 0 Å². The maximum Gasteiger partial charge on any atom is 0.312 e. The van der Waals surface area contributed by atoms with E-state index in [2.05, 4.69) is 10.3 Å². The summed E-state index contributed by atoms with van der Waals surface area (Å²) in [7, 11) is 0. The molecule has 0 fully saturated rings. The van der Waals surface area contributed by atoms with Crippen molar-refractivity contribution in [3.63, 3.8) is 0 Å². The predicted octanol–water partition coefficient (Wildman–Crippen LogP) is 2.42. The van der Waals surface area contributed by atoms with Crippen molar-refractivity contribution in [2.45, 2.75) is 19.4 Å². The van der Waals surface area contributed by atoms with E-state index >= 15 is 0 Å². The number of benzene rings is 1. The largest absolute Gasteiger partial charge is 0.452 e. The van der Waals surface area contributed by atoms with Crippen molar-refractivity contribution in [2.24, 2.45) is 0 Å². The van der Waals surface area contributed by atoms with Crippen LogP contribution >= 0.6 is 11.3 Å². The number of para-hydroxylation sites is 2. The molecular formula is C16H14N4O5S. The number of nitrogens with one attached hydrogen (secondary N) is 1. The van der Waals surface area contributed by atoms with Crippen LogP contribution in [0.15, 0.2) is 42.0 Å². The van der Waals surface area contributed by atoms with E-state index in [-0.39, 0.29) is 17.8 Å². The molecule has 0 spiro atoms. The molecule has 0 unspecified atom stereocenters. The number of hydrogen-bond acceptors (Lipinski definition) is 7. The lowest BCUT2D eigenvalue weighted by molar-refractivity contribution is -0.383. The van der Waals surface area contributed by atoms with E-state index in [1.807, 2.05) is 11.6 Å². The topological polar surface area (TPSA) is 116 Å². The van der Waals surface area contributed by atoms with Gasteiger partial charge in [-0.25, -0.2) is 4.98 Å². The van der Waals surface area contributed by atoms with Gasteiger partial charge in [0.2, 0.25) is 0 Å². The molecule has 0 radical (unpaired) electrons. The summed E-state index contributed by atoms with van der Waals surface area (Å²) in [5, 5.41) is 15.2. The number of esters is 1. The summed E-state index contributed by atoms with van der Waals surface area (Å²) < 4.78 is 6.88. The van der Waals surface area contributed by atoms with Crippen LogP contribution in [0.5, 0.6) is 0 Å². The molecule has 2 heterocycles. The van der Waals surface area contributed by atoms with Crippen molar-refractivity contribution in [2.75, 3.05) is 5.32 Å². The van der Waals surface area contributed by atoms with E-state index < -0.39 is 22.9 Å². The standard InChI is InChI=1S/C16H14N4O5S/c1-10(15(22)18-12-4-2-3-5-13(12)20(23)24)25-14(21)8-11-9-19-6-7-26-16(19)17-11/h2-7,9-10H,8H2,1H3,(H,18,22)/t10-/m0/s1. The minimum absolute atomic E-state index is 0.0414. The summed E-state index contributed by atoms with van der Waals surface area (Å²) in [6.07, 6.45) is 2.36. The molecule has 134 valence electrons. The van der Waals surface area contributed by atoms with E-state index in [9.17, 15) is 19.7 Å². The Hall–Kier alpha value is -3.27. The number of imidazole rings is 1. The van der Waals surface area contributed by atoms with Gasteiger partial charge in [-0.3, -0.25) is 24.1 Å². The van der Waals surface area contributed by atoms with E-state index in [0.717, 1.165) is 4.96 Å². The number of carbonyl (C=O) groups is 2. The zero-order valence-corrected chi connectivity index (χ0v) is 14.4. The van der Waals surface area contributed by atoms with Crippen LogP contribution in [0.3, 0.4) is 0 Å². The predicted molar refractivity (Wildman–Crippen MR) is 94.1 cm³/mol. The van der Waals surface area contributed by atoms with Crippen LogP contribution in [0, 0.1) is 10.1 Å². The van der Waals surface area contributed by atoms with Gasteiger partial charge >= 0.3 is 5.97 Å². The van der Waals surface area contributed by atoms with Gasteiger partial charge in [-0.15, -0.1) is 11.3 Å². The average molecular weight is 374 g/mol. The number of nitro groups is 1. The first-order valence-corrected chi connectivity index (χ1v) is 8.47. The lowest BCUT2D eigenvalue weighted by Crippen LogP contribution is -2.30. The maximum absolute atomic E-state index is 12.1. The van der Waals surface area contributed by atoms with Crippen molar-refractivity contribution in [1.82, 2.24) is 9.38 Å². The number of rotatable bonds is 6. The van der Waals surface area contributed by atoms with Crippen molar-refractivity contribution >= 4 is 39.5 Å². The van der Waals surface area contributed by atoms with Crippen LogP contribution < -0.4 is 5.32 Å². The van der Waals surface area contributed by atoms with Crippen LogP contribution in [0.1, 0.15) is 12.6 Å². The third kappa shape index (κ3) is 3.86. The molecule has 10 heteroatoms. The molecule has 9 nitrogen and oxygen atoms in total. The molecule has 1 aromatic carbocycles. The molecule has 1 atom stereocenters. The number of aromatic nitrogens is 2. The normalized spacial score (nSPS) is 11.9. The van der Waals surface area contributed by atoms with Crippen LogP contribution in [-0.2, 0) is 20.7 Å². The molecule has 1 amide bonds. The number of thiazole rings is 1. The molecule has 0 aliphatic heterocycles. The second kappa shape index (κ2) is 7.31. The van der Waals surface area contributed by atoms with Crippen molar-refractivity contribution in [1.29, 1.82) is 0 Å². The number of anilines is 1. The Balaban J connectivity index is 1.59. The number of amides is 1. The molecule has 26 heavy (non-hydrogen) atoms. The Bertz CT molecular complexity index is 951. The van der Waals surface area contributed by atoms with Gasteiger partial charge in [0.1, 0.15) is 5.69 Å². The second-order valence-corrected chi connectivity index (χ2v) is 6.27. The SMILES string of the molecule is C[C@H](OC(=O)Cc1cn2ccsc2n1)C(=O)Nc1ccccc1[N+](=O)[O-]. The first-order chi connectivity index (χ1) is 12.4. The average Bonchev–Trinajstić information content (AvgIpc) is 3.16. The fourth-order valence-corrected chi connectivity index (χ4v) is 2.99. The highest BCUT2D eigenvalue weighted by atomic mass is 32.1. The molecule has 2 aromatic heterocycles. The Morgan fingerprint density at radius 1 is 1.42 bits per heavy atom. The van der Waals surface area contributed by atoms with Gasteiger partial charge in [-0.1, -0.05) is 12.1 Å². The van der Waals surface area contributed by atoms with E-state index in [1.165, 1.54) is 36.5 Å². The molecule has 0 bridgehead atoms. The summed E-state index contributed by atoms with van der Waals surface area (Å²) in [6.45, 7) is 1.40. The highest BCUT2D eigenvalue weighted by Crippen LogP contribution is 2.23. The fourth-order valence-electron chi connectivity index (χ4n) is 2.27. The summed E-state index contributed by atoms with van der Waals surface area (Å²) in [4.78, 5) is 39.5. The van der Waals surface area contributed by atoms with Gasteiger partial charge in [0, 0.05) is 23.8 Å². The zero-order valence-electron chi connectivity index (χ0n) is 13.6. The first-order valence-electron chi connectivity index (χ1n) is 7.59. The Labute approximate surface area is 151 Å². The van der Waals surface area contributed by atoms with Gasteiger partial charge in [-0.05, 0) is 13.0 Å². The fraction of sp³-hybridized carbons (Fsp3) is 0.188. The van der Waals surface area contributed by atoms with Crippen LogP contribution in [0.25, 0.3) is 4.96 Å². The van der Waals surface area contributed by atoms with Crippen molar-refractivity contribution in [3.8, 4) is 0 Å². The minimum Gasteiger partial charge on any atom is -0.452 e. The quantitative estimate of drug-likeness (QED) is 0.402. The number of carbonyl (C=O) groups excluding carboxylic acids is 2. The number of nitrogens with zero attached hydrogens (tertiary/aromatic N) is 3. The zero-order chi connectivity index (χ0) is 18.7. The van der Waals surface area contributed by atoms with E-state index in [0.29, 0.717) is 5.69 Å². The van der Waals surface area contributed by atoms with Gasteiger partial charge in [0.05, 0.1) is 17.0 Å². The highest BCUT2D eigenvalue weighted by Gasteiger charge is 2.22. The Morgan fingerprint density at radius 2 is 2.19 bits per heavy atom. The Kier molecular flexibility index (Phi) is 4.94. The number of fused-ring (bicyclic) bond motifs is 1. The number of hydrogen-bond donors (Lipinski definition) is 1. The minimum atomic E-state index is -1.11. The van der Waals surface area contributed by atoms with Gasteiger partial charge in [0.15, 0.2) is 11.1 Å². The summed E-state index contributed by atoms with van der Waals surface area (Å²) in [5.74, 6) is -1.26. The molecule has 1 N–H and O–H groups in total. The van der Waals surface area contributed by atoms with Crippen LogP contribution in [0.4, 0.5) is 11.4 Å². The lowest BCUT2D eigenvalue weighted by Gasteiger charge is -2.13. The molecule has 0 saturated carbocycles. The van der Waals surface area contributed by atoms with Gasteiger partial charge in [0.25, 0.3) is 11.6 Å². The highest BCUT2D eigenvalue weighted by molar-refractivity contribution is 7.15. The third-order valence-electron chi connectivity index (χ3n) is 3.50. The van der Waals surface area contributed by atoms with Crippen LogP contribution in [0.2, 0.25) is 0 Å². The second-order valence-electron chi connectivity index (χ2n) is 5.40. The van der Waals surface area contributed by atoms with Crippen molar-refractivity contribution in [3.05, 3.63) is 57.8 Å². The molecule has 0 aliphatic carbocycles. The summed E-state index contributed by atoms with van der Waals surface area (Å²) >= 11 is 1.44. The number of ether oxygens (including phenoxy) is 1. The summed E-state index contributed by atoms with van der Waals surface area (Å²) in [6, 6.07) is 5.73. The van der Waals surface area contributed by atoms with Crippen molar-refractivity contribution < 1.29 is 19.2 Å². The lowest BCUT2D eigenvalue weighted by atomic mass is 10.2. The smallest absolute Gasteiger partial charge is 0.312 e. The molecule has 3 rings (SSSR count).